The lowest BCUT2D eigenvalue weighted by molar-refractivity contribution is -0.141. The van der Waals surface area contributed by atoms with E-state index in [4.69, 9.17) is 18.9 Å². The molecule has 2 heterocycles. The monoisotopic (exact) mass is 466 g/mol. The molecular weight excluding hydrogens is 436 g/mol. The second-order valence-electron chi connectivity index (χ2n) is 8.69. The predicted molar refractivity (Wildman–Crippen MR) is 127 cm³/mol. The number of benzene rings is 2. The van der Waals surface area contributed by atoms with E-state index in [1.54, 1.807) is 36.4 Å². The van der Waals surface area contributed by atoms with Crippen LogP contribution in [0.15, 0.2) is 48.0 Å². The number of amides is 2. The zero-order chi connectivity index (χ0) is 24.3. The highest BCUT2D eigenvalue weighted by Gasteiger charge is 2.35. The number of nitrogens with one attached hydrogen (secondary N) is 1. The number of carbonyl (C=O) groups excluding carboxylic acids is 2. The number of ether oxygens (including phenoxy) is 4. The summed E-state index contributed by atoms with van der Waals surface area (Å²) in [6.07, 6.45) is 2.19. The number of rotatable bonds is 8. The quantitative estimate of drug-likeness (QED) is 0.471. The summed E-state index contributed by atoms with van der Waals surface area (Å²) < 4.78 is 23.5. The number of anilines is 1. The summed E-state index contributed by atoms with van der Waals surface area (Å²) >= 11 is 0. The van der Waals surface area contributed by atoms with Crippen molar-refractivity contribution < 1.29 is 28.5 Å². The molecule has 4 rings (SSSR count). The molecule has 8 nitrogen and oxygen atoms in total. The van der Waals surface area contributed by atoms with Crippen LogP contribution in [-0.2, 0) is 19.1 Å². The second-order valence-corrected chi connectivity index (χ2v) is 8.69. The van der Waals surface area contributed by atoms with Crippen molar-refractivity contribution in [2.45, 2.75) is 46.0 Å². The van der Waals surface area contributed by atoms with Gasteiger partial charge in [0.15, 0.2) is 5.79 Å². The number of carbonyl (C=O) groups is 2. The van der Waals surface area contributed by atoms with Gasteiger partial charge in [0.2, 0.25) is 0 Å². The number of hydrazine groups is 1. The van der Waals surface area contributed by atoms with E-state index >= 15 is 0 Å². The van der Waals surface area contributed by atoms with Gasteiger partial charge in [-0.05, 0) is 57.5 Å². The van der Waals surface area contributed by atoms with Crippen molar-refractivity contribution in [3.63, 3.8) is 0 Å². The van der Waals surface area contributed by atoms with Crippen LogP contribution in [0.25, 0.3) is 6.08 Å². The van der Waals surface area contributed by atoms with E-state index in [9.17, 15) is 9.59 Å². The Morgan fingerprint density at radius 3 is 2.59 bits per heavy atom. The van der Waals surface area contributed by atoms with Crippen molar-refractivity contribution in [2.75, 3.05) is 24.8 Å². The van der Waals surface area contributed by atoms with Crippen LogP contribution in [0.3, 0.4) is 0 Å². The average molecular weight is 467 g/mol. The third kappa shape index (κ3) is 5.08. The fraction of sp³-hybridized carbons (Fsp3) is 0.385. The fourth-order valence-corrected chi connectivity index (χ4v) is 3.86. The third-order valence-electron chi connectivity index (χ3n) is 5.53. The molecule has 34 heavy (non-hydrogen) atoms. The van der Waals surface area contributed by atoms with Gasteiger partial charge in [0.25, 0.3) is 11.8 Å². The van der Waals surface area contributed by atoms with Crippen LogP contribution in [0, 0.1) is 6.92 Å². The molecule has 2 aromatic rings. The molecule has 2 saturated heterocycles. The Morgan fingerprint density at radius 2 is 1.91 bits per heavy atom. The summed E-state index contributed by atoms with van der Waals surface area (Å²) in [6, 6.07) is 12.6. The Hall–Kier alpha value is -3.36. The summed E-state index contributed by atoms with van der Waals surface area (Å²) in [5.41, 5.74) is 4.62. The van der Waals surface area contributed by atoms with Crippen LogP contribution in [0.2, 0.25) is 0 Å². The molecule has 2 aromatic carbocycles. The Labute approximate surface area is 199 Å². The van der Waals surface area contributed by atoms with Crippen LogP contribution in [-0.4, -0.2) is 43.5 Å². The predicted octanol–water partition coefficient (Wildman–Crippen LogP) is 3.78. The highest BCUT2D eigenvalue weighted by molar-refractivity contribution is 6.31. The minimum atomic E-state index is -0.658. The molecule has 1 N–H and O–H groups in total. The van der Waals surface area contributed by atoms with Crippen molar-refractivity contribution >= 4 is 23.6 Å². The molecule has 0 saturated carbocycles. The fourth-order valence-electron chi connectivity index (χ4n) is 3.86. The summed E-state index contributed by atoms with van der Waals surface area (Å²) in [5.74, 6) is -0.336. The standard InChI is InChI=1S/C26H30N2O6/c1-5-13-31-22-12-11-18(23(17(22)2)32-15-20-16-33-26(3,4)34-20)14-21-24(29)27-28(25(21)30)19-9-7-6-8-10-19/h6-12,14,20H,5,13,15-16H2,1-4H3,(H,27,29)/b21-14+/t20-/m0/s1. The molecule has 0 spiro atoms. The number of nitrogens with zero attached hydrogens (tertiary/aromatic N) is 1. The van der Waals surface area contributed by atoms with Gasteiger partial charge in [-0.15, -0.1) is 0 Å². The molecular formula is C26H30N2O6. The van der Waals surface area contributed by atoms with Gasteiger partial charge in [-0.3, -0.25) is 15.0 Å². The summed E-state index contributed by atoms with van der Waals surface area (Å²) in [5, 5.41) is 1.24. The highest BCUT2D eigenvalue weighted by atomic mass is 16.7. The summed E-state index contributed by atoms with van der Waals surface area (Å²) in [7, 11) is 0. The molecule has 0 bridgehead atoms. The first-order valence-corrected chi connectivity index (χ1v) is 11.4. The Balaban J connectivity index is 1.63. The zero-order valence-electron chi connectivity index (χ0n) is 19.9. The molecule has 8 heteroatoms. The SMILES string of the molecule is CCCOc1ccc(/C=C2\C(=O)NN(c3ccccc3)C2=O)c(OC[C@H]2COC(C)(C)O2)c1C. The third-order valence-corrected chi connectivity index (χ3v) is 5.53. The van der Waals surface area contributed by atoms with Crippen molar-refractivity contribution in [3.05, 3.63) is 59.2 Å². The van der Waals surface area contributed by atoms with Gasteiger partial charge in [-0.25, -0.2) is 5.01 Å². The first-order valence-electron chi connectivity index (χ1n) is 11.4. The topological polar surface area (TPSA) is 86.3 Å². The van der Waals surface area contributed by atoms with Gasteiger partial charge in [0, 0.05) is 11.1 Å². The minimum absolute atomic E-state index is 0.0249. The van der Waals surface area contributed by atoms with E-state index in [-0.39, 0.29) is 18.3 Å². The number of hydrogen-bond acceptors (Lipinski definition) is 6. The highest BCUT2D eigenvalue weighted by Crippen LogP contribution is 2.35. The Bertz CT molecular complexity index is 1100. The van der Waals surface area contributed by atoms with Gasteiger partial charge < -0.3 is 18.9 Å². The van der Waals surface area contributed by atoms with E-state index in [0.717, 1.165) is 12.0 Å². The molecule has 0 aromatic heterocycles. The lowest BCUT2D eigenvalue weighted by atomic mass is 10.0. The first-order chi connectivity index (χ1) is 16.3. The van der Waals surface area contributed by atoms with Gasteiger partial charge in [-0.1, -0.05) is 25.1 Å². The van der Waals surface area contributed by atoms with E-state index in [1.807, 2.05) is 39.8 Å². The molecule has 180 valence electrons. The average Bonchev–Trinajstić information content (AvgIpc) is 3.31. The van der Waals surface area contributed by atoms with Crippen LogP contribution >= 0.6 is 0 Å². The van der Waals surface area contributed by atoms with Crippen LogP contribution in [0.1, 0.15) is 38.3 Å². The van der Waals surface area contributed by atoms with Gasteiger partial charge in [-0.2, -0.15) is 0 Å². The van der Waals surface area contributed by atoms with Gasteiger partial charge in [0.1, 0.15) is 29.8 Å². The maximum absolute atomic E-state index is 13.0. The molecule has 0 radical (unpaired) electrons. The maximum Gasteiger partial charge on any atom is 0.282 e. The molecule has 0 unspecified atom stereocenters. The van der Waals surface area contributed by atoms with Crippen LogP contribution in [0.5, 0.6) is 11.5 Å². The van der Waals surface area contributed by atoms with Crippen molar-refractivity contribution in [3.8, 4) is 11.5 Å². The maximum atomic E-state index is 13.0. The summed E-state index contributed by atoms with van der Waals surface area (Å²) in [4.78, 5) is 25.7. The van der Waals surface area contributed by atoms with Crippen LogP contribution < -0.4 is 19.9 Å². The lowest BCUT2D eigenvalue weighted by Crippen LogP contribution is -2.35. The first kappa shape index (κ1) is 23.8. The number of para-hydroxylation sites is 1. The summed E-state index contributed by atoms with van der Waals surface area (Å²) in [6.45, 7) is 8.89. The largest absolute Gasteiger partial charge is 0.493 e. The number of hydrogen-bond donors (Lipinski definition) is 1. The Kier molecular flexibility index (Phi) is 6.90. The van der Waals surface area contributed by atoms with E-state index < -0.39 is 17.6 Å². The molecule has 0 aliphatic carbocycles. The second kappa shape index (κ2) is 9.87. The Morgan fingerprint density at radius 1 is 1.15 bits per heavy atom. The zero-order valence-corrected chi connectivity index (χ0v) is 19.9. The van der Waals surface area contributed by atoms with Crippen LogP contribution in [0.4, 0.5) is 5.69 Å². The van der Waals surface area contributed by atoms with Gasteiger partial charge in [0.05, 0.1) is 18.9 Å². The molecule has 2 fully saturated rings. The normalized spacial score (nSPS) is 20.6. The minimum Gasteiger partial charge on any atom is -0.493 e. The van der Waals surface area contributed by atoms with Gasteiger partial charge >= 0.3 is 0 Å². The van der Waals surface area contributed by atoms with Crippen molar-refractivity contribution in [1.29, 1.82) is 0 Å². The van der Waals surface area contributed by atoms with E-state index in [0.29, 0.717) is 36.0 Å². The van der Waals surface area contributed by atoms with E-state index in [1.165, 1.54) is 5.01 Å². The van der Waals surface area contributed by atoms with Crippen molar-refractivity contribution in [2.24, 2.45) is 0 Å². The molecule has 2 aliphatic heterocycles. The van der Waals surface area contributed by atoms with Crippen molar-refractivity contribution in [1.82, 2.24) is 5.43 Å². The molecule has 2 amide bonds. The molecule has 2 aliphatic rings. The lowest BCUT2D eigenvalue weighted by Gasteiger charge is -2.19. The van der Waals surface area contributed by atoms with E-state index in [2.05, 4.69) is 5.43 Å². The molecule has 1 atom stereocenters. The smallest absolute Gasteiger partial charge is 0.282 e.